The maximum atomic E-state index is 12.9. The highest BCUT2D eigenvalue weighted by Gasteiger charge is 2.27. The van der Waals surface area contributed by atoms with Crippen molar-refractivity contribution in [1.29, 1.82) is 0 Å². The summed E-state index contributed by atoms with van der Waals surface area (Å²) in [5.74, 6) is 0. The predicted octanol–water partition coefficient (Wildman–Crippen LogP) is 2.21. The Bertz CT molecular complexity index is 566. The number of aliphatic hydroxyl groups is 1. The standard InChI is InChI=1S/C19H30N4O2/c1-21-10-12-22(13-11-21)18-9-5-4-8-17(18)20-19(25)23(14-15-24)16-6-2-3-7-16/h4-5,8-9,16,24H,2-3,6-7,10-15H2,1H3,(H,20,25). The number of rotatable bonds is 5. The first kappa shape index (κ1) is 18.0. The molecule has 1 saturated heterocycles. The summed E-state index contributed by atoms with van der Waals surface area (Å²) in [6.45, 7) is 4.39. The molecule has 6 heteroatoms. The highest BCUT2D eigenvalue weighted by molar-refractivity contribution is 5.93. The first-order valence-electron chi connectivity index (χ1n) is 9.40. The van der Waals surface area contributed by atoms with Crippen LogP contribution in [-0.2, 0) is 0 Å². The minimum Gasteiger partial charge on any atom is -0.395 e. The zero-order valence-electron chi connectivity index (χ0n) is 15.2. The van der Waals surface area contributed by atoms with Crippen LogP contribution in [0.1, 0.15) is 25.7 Å². The van der Waals surface area contributed by atoms with Crippen LogP contribution in [0.5, 0.6) is 0 Å². The van der Waals surface area contributed by atoms with E-state index in [9.17, 15) is 9.90 Å². The Morgan fingerprint density at radius 2 is 1.88 bits per heavy atom. The lowest BCUT2D eigenvalue weighted by Crippen LogP contribution is -2.45. The molecule has 1 saturated carbocycles. The third-order valence-electron chi connectivity index (χ3n) is 5.36. The number of anilines is 2. The molecular weight excluding hydrogens is 316 g/mol. The zero-order valence-corrected chi connectivity index (χ0v) is 15.2. The smallest absolute Gasteiger partial charge is 0.322 e. The van der Waals surface area contributed by atoms with Gasteiger partial charge in [0.1, 0.15) is 0 Å². The van der Waals surface area contributed by atoms with Crippen molar-refractivity contribution < 1.29 is 9.90 Å². The van der Waals surface area contributed by atoms with E-state index in [1.807, 2.05) is 23.1 Å². The van der Waals surface area contributed by atoms with E-state index in [1.54, 1.807) is 0 Å². The van der Waals surface area contributed by atoms with Crippen LogP contribution in [-0.4, -0.2) is 73.4 Å². The number of para-hydroxylation sites is 2. The van der Waals surface area contributed by atoms with Crippen molar-refractivity contribution in [3.63, 3.8) is 0 Å². The van der Waals surface area contributed by atoms with Crippen LogP contribution in [0.4, 0.5) is 16.2 Å². The van der Waals surface area contributed by atoms with Gasteiger partial charge >= 0.3 is 6.03 Å². The molecule has 2 aliphatic rings. The molecule has 0 unspecified atom stereocenters. The summed E-state index contributed by atoms with van der Waals surface area (Å²) >= 11 is 0. The number of carbonyl (C=O) groups is 1. The topological polar surface area (TPSA) is 59.0 Å². The Kier molecular flexibility index (Phi) is 6.15. The maximum Gasteiger partial charge on any atom is 0.322 e. The van der Waals surface area contributed by atoms with Gasteiger partial charge in [-0.3, -0.25) is 0 Å². The Morgan fingerprint density at radius 1 is 1.20 bits per heavy atom. The lowest BCUT2D eigenvalue weighted by atomic mass is 10.2. The van der Waals surface area contributed by atoms with Crippen molar-refractivity contribution in [2.75, 3.05) is 56.6 Å². The van der Waals surface area contributed by atoms with Crippen LogP contribution >= 0.6 is 0 Å². The quantitative estimate of drug-likeness (QED) is 0.858. The molecule has 2 fully saturated rings. The van der Waals surface area contributed by atoms with Gasteiger partial charge in [-0.05, 0) is 32.0 Å². The molecule has 3 rings (SSSR count). The van der Waals surface area contributed by atoms with Gasteiger partial charge in [-0.1, -0.05) is 25.0 Å². The van der Waals surface area contributed by atoms with E-state index in [1.165, 1.54) is 0 Å². The van der Waals surface area contributed by atoms with Gasteiger partial charge < -0.3 is 25.1 Å². The molecule has 1 aliphatic heterocycles. The van der Waals surface area contributed by atoms with E-state index in [-0.39, 0.29) is 18.7 Å². The number of likely N-dealkylation sites (N-methyl/N-ethyl adjacent to an activating group) is 1. The maximum absolute atomic E-state index is 12.9. The molecule has 1 aliphatic carbocycles. The lowest BCUT2D eigenvalue weighted by Gasteiger charge is -2.35. The largest absolute Gasteiger partial charge is 0.395 e. The minimum atomic E-state index is -0.0949. The summed E-state index contributed by atoms with van der Waals surface area (Å²) in [6.07, 6.45) is 4.40. The molecule has 6 nitrogen and oxygen atoms in total. The van der Waals surface area contributed by atoms with Gasteiger partial charge in [0, 0.05) is 38.8 Å². The molecule has 0 spiro atoms. The second kappa shape index (κ2) is 8.54. The lowest BCUT2D eigenvalue weighted by molar-refractivity contribution is 0.163. The SMILES string of the molecule is CN1CCN(c2ccccc2NC(=O)N(CCO)C2CCCC2)CC1. The van der Waals surface area contributed by atoms with Gasteiger partial charge in [0.05, 0.1) is 18.0 Å². The van der Waals surface area contributed by atoms with Crippen LogP contribution in [0.25, 0.3) is 0 Å². The van der Waals surface area contributed by atoms with Crippen LogP contribution in [0.2, 0.25) is 0 Å². The summed E-state index contributed by atoms with van der Waals surface area (Å²) in [4.78, 5) is 19.3. The van der Waals surface area contributed by atoms with Gasteiger partial charge in [0.2, 0.25) is 0 Å². The van der Waals surface area contributed by atoms with Gasteiger partial charge in [-0.2, -0.15) is 0 Å². The number of carbonyl (C=O) groups excluding carboxylic acids is 1. The first-order chi connectivity index (χ1) is 12.2. The van der Waals surface area contributed by atoms with Crippen molar-refractivity contribution in [2.24, 2.45) is 0 Å². The van der Waals surface area contributed by atoms with E-state index in [0.717, 1.165) is 63.2 Å². The number of benzene rings is 1. The number of urea groups is 1. The summed E-state index contributed by atoms with van der Waals surface area (Å²) < 4.78 is 0. The number of hydrogen-bond acceptors (Lipinski definition) is 4. The number of nitrogens with one attached hydrogen (secondary N) is 1. The van der Waals surface area contributed by atoms with E-state index >= 15 is 0 Å². The van der Waals surface area contributed by atoms with Crippen LogP contribution in [0.3, 0.4) is 0 Å². The first-order valence-corrected chi connectivity index (χ1v) is 9.40. The highest BCUT2D eigenvalue weighted by atomic mass is 16.3. The molecule has 1 aromatic carbocycles. The third-order valence-corrected chi connectivity index (χ3v) is 5.36. The molecule has 0 atom stereocenters. The van der Waals surface area contributed by atoms with Crippen molar-refractivity contribution >= 4 is 17.4 Å². The number of amides is 2. The fraction of sp³-hybridized carbons (Fsp3) is 0.632. The van der Waals surface area contributed by atoms with Crippen LogP contribution in [0.15, 0.2) is 24.3 Å². The molecule has 138 valence electrons. The fourth-order valence-electron chi connectivity index (χ4n) is 3.86. The Labute approximate surface area is 150 Å². The number of hydrogen-bond donors (Lipinski definition) is 2. The zero-order chi connectivity index (χ0) is 17.6. The van der Waals surface area contributed by atoms with Crippen molar-refractivity contribution in [1.82, 2.24) is 9.80 Å². The van der Waals surface area contributed by atoms with Crippen molar-refractivity contribution in [3.05, 3.63) is 24.3 Å². The molecule has 1 aromatic rings. The molecule has 2 amide bonds. The van der Waals surface area contributed by atoms with Crippen molar-refractivity contribution in [3.8, 4) is 0 Å². The van der Waals surface area contributed by atoms with E-state index in [2.05, 4.69) is 28.2 Å². The number of nitrogens with zero attached hydrogens (tertiary/aromatic N) is 3. The fourth-order valence-corrected chi connectivity index (χ4v) is 3.86. The Balaban J connectivity index is 1.71. The van der Waals surface area contributed by atoms with E-state index in [0.29, 0.717) is 6.54 Å². The monoisotopic (exact) mass is 346 g/mol. The Morgan fingerprint density at radius 3 is 2.56 bits per heavy atom. The summed E-state index contributed by atoms with van der Waals surface area (Å²) in [5.41, 5.74) is 1.94. The van der Waals surface area contributed by atoms with Crippen LogP contribution in [0, 0.1) is 0 Å². The number of aliphatic hydroxyl groups excluding tert-OH is 1. The molecule has 1 heterocycles. The summed E-state index contributed by atoms with van der Waals surface area (Å²) in [7, 11) is 2.14. The molecule has 2 N–H and O–H groups in total. The van der Waals surface area contributed by atoms with Crippen LogP contribution < -0.4 is 10.2 Å². The van der Waals surface area contributed by atoms with Gasteiger partial charge in [0.15, 0.2) is 0 Å². The van der Waals surface area contributed by atoms with Gasteiger partial charge in [-0.15, -0.1) is 0 Å². The second-order valence-corrected chi connectivity index (χ2v) is 7.09. The summed E-state index contributed by atoms with van der Waals surface area (Å²) in [5, 5.41) is 12.5. The second-order valence-electron chi connectivity index (χ2n) is 7.09. The molecule has 0 bridgehead atoms. The highest BCUT2D eigenvalue weighted by Crippen LogP contribution is 2.28. The molecule has 0 radical (unpaired) electrons. The van der Waals surface area contributed by atoms with Gasteiger partial charge in [-0.25, -0.2) is 4.79 Å². The average Bonchev–Trinajstić information content (AvgIpc) is 3.15. The molecule has 25 heavy (non-hydrogen) atoms. The summed E-state index contributed by atoms with van der Waals surface area (Å²) in [6, 6.07) is 8.18. The third kappa shape index (κ3) is 4.44. The normalized spacial score (nSPS) is 19.2. The molecule has 0 aromatic heterocycles. The Hall–Kier alpha value is -1.79. The minimum absolute atomic E-state index is 0.00399. The van der Waals surface area contributed by atoms with E-state index in [4.69, 9.17) is 0 Å². The van der Waals surface area contributed by atoms with Gasteiger partial charge in [0.25, 0.3) is 0 Å². The molecular formula is C19H30N4O2. The number of piperazine rings is 1. The predicted molar refractivity (Wildman–Crippen MR) is 101 cm³/mol. The van der Waals surface area contributed by atoms with Crippen molar-refractivity contribution in [2.45, 2.75) is 31.7 Å². The van der Waals surface area contributed by atoms with E-state index < -0.39 is 0 Å². The average molecular weight is 346 g/mol.